The molecule has 3 heterocycles. The van der Waals surface area contributed by atoms with E-state index in [0.717, 1.165) is 42.3 Å². The van der Waals surface area contributed by atoms with Gasteiger partial charge in [0, 0.05) is 18.2 Å². The van der Waals surface area contributed by atoms with E-state index in [1.165, 1.54) is 6.42 Å². The van der Waals surface area contributed by atoms with Gasteiger partial charge >= 0.3 is 0 Å². The molecule has 1 fully saturated rings. The summed E-state index contributed by atoms with van der Waals surface area (Å²) in [6.45, 7) is 4.04. The maximum Gasteiger partial charge on any atom is 0.201 e. The summed E-state index contributed by atoms with van der Waals surface area (Å²) in [5.41, 5.74) is 2.51. The molecule has 16 heavy (non-hydrogen) atoms. The lowest BCUT2D eigenvalue weighted by atomic mass is 10.00. The van der Waals surface area contributed by atoms with E-state index < -0.39 is 0 Å². The summed E-state index contributed by atoms with van der Waals surface area (Å²) in [4.78, 5) is 8.85. The Morgan fingerprint density at radius 3 is 3.12 bits per heavy atom. The first-order chi connectivity index (χ1) is 7.83. The minimum Gasteiger partial charge on any atom is -0.439 e. The van der Waals surface area contributed by atoms with Gasteiger partial charge in [0.05, 0.1) is 0 Å². The molecule has 2 aromatic rings. The zero-order valence-electron chi connectivity index (χ0n) is 9.36. The van der Waals surface area contributed by atoms with E-state index >= 15 is 0 Å². The van der Waals surface area contributed by atoms with Crippen LogP contribution in [-0.4, -0.2) is 23.1 Å². The van der Waals surface area contributed by atoms with Crippen LogP contribution in [0.3, 0.4) is 0 Å². The van der Waals surface area contributed by atoms with Crippen LogP contribution in [0.4, 0.5) is 0 Å². The molecule has 0 aliphatic carbocycles. The van der Waals surface area contributed by atoms with E-state index in [2.05, 4.69) is 15.3 Å². The fourth-order valence-corrected chi connectivity index (χ4v) is 2.17. The van der Waals surface area contributed by atoms with Crippen molar-refractivity contribution in [1.82, 2.24) is 15.3 Å². The average molecular weight is 217 g/mol. The molecule has 0 aromatic carbocycles. The van der Waals surface area contributed by atoms with Crippen LogP contribution in [0.15, 0.2) is 16.5 Å². The van der Waals surface area contributed by atoms with Gasteiger partial charge in [0.1, 0.15) is 0 Å². The van der Waals surface area contributed by atoms with Crippen LogP contribution in [0.2, 0.25) is 0 Å². The Balaban J connectivity index is 1.97. The molecule has 2 aromatic heterocycles. The molecule has 0 bridgehead atoms. The SMILES string of the molecule is Cc1ccc2oc(C3CCCNC3)nc2n1. The van der Waals surface area contributed by atoms with Crippen molar-refractivity contribution in [2.75, 3.05) is 13.1 Å². The Kier molecular flexibility index (Phi) is 2.36. The number of aryl methyl sites for hydroxylation is 1. The van der Waals surface area contributed by atoms with Gasteiger partial charge in [0.25, 0.3) is 0 Å². The van der Waals surface area contributed by atoms with Crippen LogP contribution in [0.5, 0.6) is 0 Å². The van der Waals surface area contributed by atoms with E-state index in [9.17, 15) is 0 Å². The fourth-order valence-electron chi connectivity index (χ4n) is 2.17. The van der Waals surface area contributed by atoms with Gasteiger partial charge in [-0.2, -0.15) is 4.98 Å². The van der Waals surface area contributed by atoms with Crippen molar-refractivity contribution >= 4 is 11.2 Å². The van der Waals surface area contributed by atoms with Gasteiger partial charge in [-0.3, -0.25) is 0 Å². The van der Waals surface area contributed by atoms with Crippen LogP contribution in [0, 0.1) is 6.92 Å². The second-order valence-corrected chi connectivity index (χ2v) is 4.37. The minimum absolute atomic E-state index is 0.406. The Labute approximate surface area is 94.1 Å². The Morgan fingerprint density at radius 2 is 2.31 bits per heavy atom. The monoisotopic (exact) mass is 217 g/mol. The molecule has 4 heteroatoms. The predicted molar refractivity (Wildman–Crippen MR) is 61.4 cm³/mol. The molecular weight excluding hydrogens is 202 g/mol. The molecule has 0 spiro atoms. The third kappa shape index (κ3) is 1.69. The predicted octanol–water partition coefficient (Wildman–Crippen LogP) is 2.00. The molecule has 3 rings (SSSR count). The van der Waals surface area contributed by atoms with E-state index in [1.54, 1.807) is 0 Å². The van der Waals surface area contributed by atoms with Crippen molar-refractivity contribution in [1.29, 1.82) is 0 Å². The number of hydrogen-bond acceptors (Lipinski definition) is 4. The van der Waals surface area contributed by atoms with Gasteiger partial charge in [-0.05, 0) is 38.4 Å². The van der Waals surface area contributed by atoms with E-state index in [1.807, 2.05) is 19.1 Å². The first-order valence-corrected chi connectivity index (χ1v) is 5.78. The zero-order chi connectivity index (χ0) is 11.0. The molecule has 4 nitrogen and oxygen atoms in total. The van der Waals surface area contributed by atoms with Crippen molar-refractivity contribution < 1.29 is 4.42 Å². The zero-order valence-corrected chi connectivity index (χ0v) is 9.36. The second kappa shape index (κ2) is 3.87. The van der Waals surface area contributed by atoms with Crippen molar-refractivity contribution in [3.05, 3.63) is 23.7 Å². The summed E-state index contributed by atoms with van der Waals surface area (Å²) in [6, 6.07) is 3.90. The molecule has 0 amide bonds. The number of pyridine rings is 1. The summed E-state index contributed by atoms with van der Waals surface area (Å²) in [6.07, 6.45) is 2.34. The quantitative estimate of drug-likeness (QED) is 0.793. The molecule has 0 radical (unpaired) electrons. The number of nitrogens with one attached hydrogen (secondary N) is 1. The lowest BCUT2D eigenvalue weighted by Crippen LogP contribution is -2.28. The van der Waals surface area contributed by atoms with Crippen molar-refractivity contribution in [2.45, 2.75) is 25.7 Å². The van der Waals surface area contributed by atoms with Crippen molar-refractivity contribution in [3.63, 3.8) is 0 Å². The van der Waals surface area contributed by atoms with Crippen molar-refractivity contribution in [3.8, 4) is 0 Å². The lowest BCUT2D eigenvalue weighted by Gasteiger charge is -2.19. The second-order valence-electron chi connectivity index (χ2n) is 4.37. The van der Waals surface area contributed by atoms with Crippen LogP contribution in [0.1, 0.15) is 30.3 Å². The standard InChI is InChI=1S/C12H15N3O/c1-8-4-5-10-11(14-8)15-12(16-10)9-3-2-6-13-7-9/h4-5,9,13H,2-3,6-7H2,1H3. The van der Waals surface area contributed by atoms with E-state index in [-0.39, 0.29) is 0 Å². The molecule has 1 aliphatic rings. The van der Waals surface area contributed by atoms with E-state index in [4.69, 9.17) is 4.42 Å². The van der Waals surface area contributed by atoms with Crippen LogP contribution in [0.25, 0.3) is 11.2 Å². The number of aromatic nitrogens is 2. The summed E-state index contributed by atoms with van der Waals surface area (Å²) < 4.78 is 5.75. The molecule has 0 saturated carbocycles. The molecule has 1 aliphatic heterocycles. The summed E-state index contributed by atoms with van der Waals surface area (Å²) >= 11 is 0. The molecule has 1 unspecified atom stereocenters. The van der Waals surface area contributed by atoms with Gasteiger partial charge in [0.15, 0.2) is 11.2 Å². The highest BCUT2D eigenvalue weighted by molar-refractivity contribution is 5.67. The highest BCUT2D eigenvalue weighted by Gasteiger charge is 2.20. The van der Waals surface area contributed by atoms with Gasteiger partial charge in [-0.1, -0.05) is 0 Å². The van der Waals surface area contributed by atoms with Crippen molar-refractivity contribution in [2.24, 2.45) is 0 Å². The van der Waals surface area contributed by atoms with Gasteiger partial charge in [0.2, 0.25) is 5.89 Å². The number of rotatable bonds is 1. The van der Waals surface area contributed by atoms with Crippen LogP contribution < -0.4 is 5.32 Å². The molecule has 1 N–H and O–H groups in total. The lowest BCUT2D eigenvalue weighted by molar-refractivity contribution is 0.387. The largest absolute Gasteiger partial charge is 0.439 e. The first-order valence-electron chi connectivity index (χ1n) is 5.78. The minimum atomic E-state index is 0.406. The molecule has 84 valence electrons. The number of piperidine rings is 1. The van der Waals surface area contributed by atoms with Gasteiger partial charge in [-0.25, -0.2) is 4.98 Å². The number of oxazole rings is 1. The third-order valence-corrected chi connectivity index (χ3v) is 3.06. The average Bonchev–Trinajstić information content (AvgIpc) is 2.73. The highest BCUT2D eigenvalue weighted by Crippen LogP contribution is 2.25. The Hall–Kier alpha value is -1.42. The molecule has 1 atom stereocenters. The topological polar surface area (TPSA) is 51.0 Å². The molecular formula is C12H15N3O. The summed E-state index contributed by atoms with van der Waals surface area (Å²) in [7, 11) is 0. The normalized spacial score (nSPS) is 21.4. The highest BCUT2D eigenvalue weighted by atomic mass is 16.3. The number of hydrogen-bond donors (Lipinski definition) is 1. The van der Waals surface area contributed by atoms with Crippen LogP contribution >= 0.6 is 0 Å². The van der Waals surface area contributed by atoms with E-state index in [0.29, 0.717) is 5.92 Å². The van der Waals surface area contributed by atoms with Crippen LogP contribution in [-0.2, 0) is 0 Å². The van der Waals surface area contributed by atoms with Gasteiger partial charge in [-0.15, -0.1) is 0 Å². The fraction of sp³-hybridized carbons (Fsp3) is 0.500. The van der Waals surface area contributed by atoms with Gasteiger partial charge < -0.3 is 9.73 Å². The number of fused-ring (bicyclic) bond motifs is 1. The Bertz CT molecular complexity index is 500. The Morgan fingerprint density at radius 1 is 1.38 bits per heavy atom. The maximum absolute atomic E-state index is 5.75. The summed E-state index contributed by atoms with van der Waals surface area (Å²) in [5.74, 6) is 1.24. The molecule has 1 saturated heterocycles. The maximum atomic E-state index is 5.75. The first kappa shape index (κ1) is 9.78. The third-order valence-electron chi connectivity index (χ3n) is 3.06. The summed E-state index contributed by atoms with van der Waals surface area (Å²) in [5, 5.41) is 3.37. The number of nitrogens with zero attached hydrogens (tertiary/aromatic N) is 2. The smallest absolute Gasteiger partial charge is 0.201 e.